The van der Waals surface area contributed by atoms with Crippen LogP contribution in [-0.4, -0.2) is 69.0 Å². The fourth-order valence-electron chi connectivity index (χ4n) is 1.04. The van der Waals surface area contributed by atoms with Crippen molar-refractivity contribution < 1.29 is 40.2 Å². The standard InChI is InChI=1S/C6H12O2.C5H12O4.C4H8O2/c1-2-3-4-5-6(7)8;6-1-5(2-7,3-8)4-9;1-2-3-4(5)6/h2-5H2,1H3,(H,7,8);6-9H,1-4H2;2-3H2,1H3,(H,5,6). The van der Waals surface area contributed by atoms with Crippen LogP contribution in [0.25, 0.3) is 0 Å². The third kappa shape index (κ3) is 20.8. The number of aliphatic hydroxyl groups excluding tert-OH is 4. The van der Waals surface area contributed by atoms with Crippen molar-refractivity contribution in [3.8, 4) is 0 Å². The minimum Gasteiger partial charge on any atom is -0.481 e. The van der Waals surface area contributed by atoms with Gasteiger partial charge in [-0.2, -0.15) is 0 Å². The minimum atomic E-state index is -1.11. The van der Waals surface area contributed by atoms with Gasteiger partial charge in [0.15, 0.2) is 0 Å². The maximum Gasteiger partial charge on any atom is 0.303 e. The van der Waals surface area contributed by atoms with Crippen molar-refractivity contribution in [3.05, 3.63) is 0 Å². The van der Waals surface area contributed by atoms with E-state index >= 15 is 0 Å². The summed E-state index contributed by atoms with van der Waals surface area (Å²) in [5.41, 5.74) is -1.11. The zero-order valence-corrected chi connectivity index (χ0v) is 14.1. The lowest BCUT2D eigenvalue weighted by Gasteiger charge is -2.23. The molecule has 6 N–H and O–H groups in total. The molecule has 0 atom stereocenters. The zero-order chi connectivity index (χ0) is 18.7. The molecule has 8 heteroatoms. The molecule has 140 valence electrons. The summed E-state index contributed by atoms with van der Waals surface area (Å²) in [5, 5.41) is 50.0. The number of hydrogen-bond donors (Lipinski definition) is 6. The highest BCUT2D eigenvalue weighted by atomic mass is 16.4. The number of unbranched alkanes of at least 4 members (excludes halogenated alkanes) is 2. The van der Waals surface area contributed by atoms with Crippen molar-refractivity contribution in [2.45, 2.75) is 52.4 Å². The molecule has 0 bridgehead atoms. The van der Waals surface area contributed by atoms with Gasteiger partial charge in [-0.25, -0.2) is 0 Å². The third-order valence-corrected chi connectivity index (χ3v) is 2.80. The van der Waals surface area contributed by atoms with Crippen LogP contribution in [0, 0.1) is 5.41 Å². The van der Waals surface area contributed by atoms with Crippen LogP contribution in [0.4, 0.5) is 0 Å². The van der Waals surface area contributed by atoms with E-state index in [2.05, 4.69) is 6.92 Å². The van der Waals surface area contributed by atoms with E-state index in [0.717, 1.165) is 25.7 Å². The Morgan fingerprint density at radius 3 is 1.22 bits per heavy atom. The monoisotopic (exact) mass is 340 g/mol. The van der Waals surface area contributed by atoms with E-state index in [4.69, 9.17) is 30.6 Å². The second-order valence-electron chi connectivity index (χ2n) is 5.13. The molecule has 0 aliphatic heterocycles. The first kappa shape index (κ1) is 26.7. The number of carbonyl (C=O) groups is 2. The van der Waals surface area contributed by atoms with Crippen molar-refractivity contribution in [2.24, 2.45) is 5.41 Å². The fraction of sp³-hybridized carbons (Fsp3) is 0.867. The molecule has 0 spiro atoms. The maximum absolute atomic E-state index is 9.87. The molecule has 0 fully saturated rings. The zero-order valence-electron chi connectivity index (χ0n) is 14.1. The van der Waals surface area contributed by atoms with Crippen LogP contribution in [0.5, 0.6) is 0 Å². The number of rotatable bonds is 10. The van der Waals surface area contributed by atoms with Crippen LogP contribution < -0.4 is 0 Å². The Kier molecular flexibility index (Phi) is 21.8. The molecule has 8 nitrogen and oxygen atoms in total. The number of carboxylic acid groups (broad SMARTS) is 2. The second-order valence-corrected chi connectivity index (χ2v) is 5.13. The van der Waals surface area contributed by atoms with Crippen molar-refractivity contribution in [3.63, 3.8) is 0 Å². The summed E-state index contributed by atoms with van der Waals surface area (Å²) in [6, 6.07) is 0. The summed E-state index contributed by atoms with van der Waals surface area (Å²) in [4.78, 5) is 19.5. The number of carboxylic acids is 2. The normalized spacial score (nSPS) is 10.0. The molecule has 0 aliphatic carbocycles. The minimum absolute atomic E-state index is 0.292. The summed E-state index contributed by atoms with van der Waals surface area (Å²) >= 11 is 0. The van der Waals surface area contributed by atoms with Crippen molar-refractivity contribution in [1.29, 1.82) is 0 Å². The smallest absolute Gasteiger partial charge is 0.303 e. The van der Waals surface area contributed by atoms with Crippen LogP contribution >= 0.6 is 0 Å². The van der Waals surface area contributed by atoms with Gasteiger partial charge in [-0.05, 0) is 12.8 Å². The van der Waals surface area contributed by atoms with Crippen LogP contribution in [0.3, 0.4) is 0 Å². The lowest BCUT2D eigenvalue weighted by Crippen LogP contribution is -2.37. The maximum atomic E-state index is 9.87. The molecule has 0 aliphatic rings. The summed E-state index contributed by atoms with van der Waals surface area (Å²) in [7, 11) is 0. The van der Waals surface area contributed by atoms with Gasteiger partial charge in [0, 0.05) is 12.8 Å². The molecule has 0 aromatic rings. The molecule has 0 aromatic heterocycles. The number of aliphatic hydroxyl groups is 4. The van der Waals surface area contributed by atoms with E-state index < -0.39 is 43.8 Å². The number of hydrogen-bond acceptors (Lipinski definition) is 6. The average Bonchev–Trinajstić information content (AvgIpc) is 2.51. The second kappa shape index (κ2) is 18.8. The lowest BCUT2D eigenvalue weighted by atomic mass is 9.93. The third-order valence-electron chi connectivity index (χ3n) is 2.80. The topological polar surface area (TPSA) is 156 Å². The highest BCUT2D eigenvalue weighted by molar-refractivity contribution is 5.66. The van der Waals surface area contributed by atoms with Gasteiger partial charge in [0.1, 0.15) is 0 Å². The van der Waals surface area contributed by atoms with Crippen LogP contribution in [0.15, 0.2) is 0 Å². The summed E-state index contributed by atoms with van der Waals surface area (Å²) in [6.45, 7) is 2.27. The van der Waals surface area contributed by atoms with Crippen LogP contribution in [0.2, 0.25) is 0 Å². The van der Waals surface area contributed by atoms with Crippen molar-refractivity contribution >= 4 is 11.9 Å². The molecule has 0 unspecified atom stereocenters. The Labute approximate surface area is 137 Å². The number of aliphatic carboxylic acids is 2. The Morgan fingerprint density at radius 1 is 0.696 bits per heavy atom. The predicted molar refractivity (Wildman–Crippen MR) is 85.1 cm³/mol. The molecule has 0 saturated heterocycles. The molecule has 0 saturated carbocycles. The van der Waals surface area contributed by atoms with Gasteiger partial charge in [0.25, 0.3) is 0 Å². The average molecular weight is 340 g/mol. The van der Waals surface area contributed by atoms with Gasteiger partial charge in [0.2, 0.25) is 0 Å². The molecule has 0 radical (unpaired) electrons. The molecule has 0 heterocycles. The Balaban J connectivity index is -0.000000266. The fourth-order valence-corrected chi connectivity index (χ4v) is 1.04. The van der Waals surface area contributed by atoms with Crippen molar-refractivity contribution in [2.75, 3.05) is 26.4 Å². The van der Waals surface area contributed by atoms with Gasteiger partial charge < -0.3 is 30.6 Å². The Hall–Kier alpha value is -1.22. The van der Waals surface area contributed by atoms with Crippen molar-refractivity contribution in [1.82, 2.24) is 0 Å². The van der Waals surface area contributed by atoms with Crippen LogP contribution in [0.1, 0.15) is 52.4 Å². The van der Waals surface area contributed by atoms with Gasteiger partial charge in [-0.1, -0.05) is 26.7 Å². The molecular formula is C15H32O8. The molecule has 0 aromatic carbocycles. The predicted octanol–water partition coefficient (Wildman–Crippen LogP) is 0.464. The van der Waals surface area contributed by atoms with E-state index in [1.54, 1.807) is 0 Å². The first-order valence-electron chi connectivity index (χ1n) is 7.66. The van der Waals surface area contributed by atoms with Gasteiger partial charge in [-0.15, -0.1) is 0 Å². The first-order chi connectivity index (χ1) is 10.8. The quantitative estimate of drug-likeness (QED) is 0.313. The first-order valence-corrected chi connectivity index (χ1v) is 7.66. The molecule has 0 amide bonds. The molecule has 0 rings (SSSR count). The SMILES string of the molecule is CCCC(=O)O.CCCCCC(=O)O.OCC(CO)(CO)CO. The highest BCUT2D eigenvalue weighted by Gasteiger charge is 2.26. The van der Waals surface area contributed by atoms with E-state index in [0.29, 0.717) is 12.8 Å². The largest absolute Gasteiger partial charge is 0.481 e. The van der Waals surface area contributed by atoms with Gasteiger partial charge >= 0.3 is 11.9 Å². The Morgan fingerprint density at radius 2 is 1.09 bits per heavy atom. The highest BCUT2D eigenvalue weighted by Crippen LogP contribution is 2.11. The summed E-state index contributed by atoms with van der Waals surface area (Å²) < 4.78 is 0. The summed E-state index contributed by atoms with van der Waals surface area (Å²) in [5.74, 6) is -1.39. The summed E-state index contributed by atoms with van der Waals surface area (Å²) in [6.07, 6.45) is 4.30. The Bertz CT molecular complexity index is 259. The van der Waals surface area contributed by atoms with Crippen LogP contribution in [-0.2, 0) is 9.59 Å². The lowest BCUT2D eigenvalue weighted by molar-refractivity contribution is -0.138. The van der Waals surface area contributed by atoms with Gasteiger partial charge in [-0.3, -0.25) is 9.59 Å². The van der Waals surface area contributed by atoms with Gasteiger partial charge in [0.05, 0.1) is 31.8 Å². The molecular weight excluding hydrogens is 308 g/mol. The van der Waals surface area contributed by atoms with E-state index in [1.165, 1.54) is 0 Å². The van der Waals surface area contributed by atoms with E-state index in [1.807, 2.05) is 6.92 Å². The molecule has 23 heavy (non-hydrogen) atoms. The van der Waals surface area contributed by atoms with E-state index in [-0.39, 0.29) is 0 Å². The van der Waals surface area contributed by atoms with E-state index in [9.17, 15) is 9.59 Å².